The highest BCUT2D eigenvalue weighted by atomic mass is 32.2. The lowest BCUT2D eigenvalue weighted by molar-refractivity contribution is -0.128. The Hall–Kier alpha value is -1.30. The molecule has 4 rings (SSSR count). The van der Waals surface area contributed by atoms with E-state index in [0.717, 1.165) is 6.42 Å². The SMILES string of the molecule is CC1(C)C2CCC1(CS(=O)(=O)N1CCCN(S(=O)(=O)c3cnc[nH]3)CC1)C(=O)C2. The molecule has 2 unspecified atom stereocenters. The van der Waals surface area contributed by atoms with Gasteiger partial charge in [-0.3, -0.25) is 4.79 Å². The Labute approximate surface area is 172 Å². The summed E-state index contributed by atoms with van der Waals surface area (Å²) >= 11 is 0. The number of fused-ring (bicyclic) bond motifs is 2. The topological polar surface area (TPSA) is 121 Å². The lowest BCUT2D eigenvalue weighted by atomic mass is 9.70. The fourth-order valence-electron chi connectivity index (χ4n) is 5.42. The number of hydrogen-bond donors (Lipinski definition) is 1. The van der Waals surface area contributed by atoms with Crippen LogP contribution in [-0.2, 0) is 24.8 Å². The monoisotopic (exact) mass is 444 g/mol. The quantitative estimate of drug-likeness (QED) is 0.718. The van der Waals surface area contributed by atoms with Crippen molar-refractivity contribution in [1.29, 1.82) is 0 Å². The number of H-pyrrole nitrogens is 1. The number of Topliss-reactive ketones (excluding diaryl/α,β-unsaturated/α-hetero) is 1. The number of imidazole rings is 1. The van der Waals surface area contributed by atoms with Gasteiger partial charge in [0.15, 0.2) is 5.03 Å². The van der Waals surface area contributed by atoms with E-state index in [1.54, 1.807) is 0 Å². The number of carbonyl (C=O) groups is 1. The summed E-state index contributed by atoms with van der Waals surface area (Å²) in [5, 5.41) is 0.00277. The lowest BCUT2D eigenvalue weighted by Crippen LogP contribution is -2.47. The number of sulfonamides is 2. The highest BCUT2D eigenvalue weighted by Gasteiger charge is 2.65. The average Bonchev–Trinajstić information content (AvgIpc) is 3.21. The van der Waals surface area contributed by atoms with E-state index in [1.165, 1.54) is 21.1 Å². The third kappa shape index (κ3) is 3.17. The first-order valence-corrected chi connectivity index (χ1v) is 13.1. The number of hydrogen-bond acceptors (Lipinski definition) is 6. The summed E-state index contributed by atoms with van der Waals surface area (Å²) in [6, 6.07) is 0. The van der Waals surface area contributed by atoms with Crippen molar-refractivity contribution in [2.24, 2.45) is 16.7 Å². The Morgan fingerprint density at radius 1 is 1.14 bits per heavy atom. The van der Waals surface area contributed by atoms with Gasteiger partial charge in [-0.15, -0.1) is 0 Å². The van der Waals surface area contributed by atoms with E-state index < -0.39 is 25.5 Å². The minimum absolute atomic E-state index is 0.00277. The van der Waals surface area contributed by atoms with Crippen molar-refractivity contribution < 1.29 is 21.6 Å². The second-order valence-electron chi connectivity index (χ2n) is 9.00. The van der Waals surface area contributed by atoms with E-state index in [1.807, 2.05) is 13.8 Å². The maximum Gasteiger partial charge on any atom is 0.260 e. The van der Waals surface area contributed by atoms with E-state index in [9.17, 15) is 21.6 Å². The molecule has 1 aromatic rings. The lowest BCUT2D eigenvalue weighted by Gasteiger charge is -2.37. The van der Waals surface area contributed by atoms with Crippen LogP contribution in [0.5, 0.6) is 0 Å². The number of carbonyl (C=O) groups excluding carboxylic acids is 1. The van der Waals surface area contributed by atoms with Crippen molar-refractivity contribution in [3.8, 4) is 0 Å². The molecule has 0 radical (unpaired) electrons. The van der Waals surface area contributed by atoms with Gasteiger partial charge in [-0.25, -0.2) is 26.1 Å². The van der Waals surface area contributed by atoms with Crippen molar-refractivity contribution in [2.45, 2.75) is 44.6 Å². The van der Waals surface area contributed by atoms with Gasteiger partial charge in [-0.2, -0.15) is 4.31 Å². The molecule has 1 aromatic heterocycles. The first kappa shape index (κ1) is 21.0. The van der Waals surface area contributed by atoms with Gasteiger partial charge in [0.25, 0.3) is 10.0 Å². The molecule has 9 nitrogen and oxygen atoms in total. The fourth-order valence-corrected chi connectivity index (χ4v) is 9.04. The summed E-state index contributed by atoms with van der Waals surface area (Å²) < 4.78 is 54.7. The van der Waals surface area contributed by atoms with Gasteiger partial charge in [0, 0.05) is 38.0 Å². The normalized spacial score (nSPS) is 31.2. The number of aromatic amines is 1. The molecule has 2 bridgehead atoms. The smallest absolute Gasteiger partial charge is 0.260 e. The van der Waals surface area contributed by atoms with Crippen molar-refractivity contribution in [1.82, 2.24) is 18.6 Å². The summed E-state index contributed by atoms with van der Waals surface area (Å²) in [5.41, 5.74) is -1.14. The van der Waals surface area contributed by atoms with Crippen LogP contribution in [0.2, 0.25) is 0 Å². The summed E-state index contributed by atoms with van der Waals surface area (Å²) in [5.74, 6) is 0.153. The van der Waals surface area contributed by atoms with Crippen LogP contribution in [0.4, 0.5) is 0 Å². The van der Waals surface area contributed by atoms with Crippen LogP contribution in [-0.4, -0.2) is 73.1 Å². The van der Waals surface area contributed by atoms with Crippen LogP contribution in [0.25, 0.3) is 0 Å². The molecule has 29 heavy (non-hydrogen) atoms. The number of ketones is 1. The molecular formula is C18H28N4O5S2. The Balaban J connectivity index is 1.51. The highest BCUT2D eigenvalue weighted by Crippen LogP contribution is 2.64. The minimum Gasteiger partial charge on any atom is -0.335 e. The van der Waals surface area contributed by atoms with E-state index in [0.29, 0.717) is 19.3 Å². The predicted molar refractivity (Wildman–Crippen MR) is 106 cm³/mol. The number of nitrogens with zero attached hydrogens (tertiary/aromatic N) is 3. The van der Waals surface area contributed by atoms with Crippen LogP contribution in [0.3, 0.4) is 0 Å². The van der Waals surface area contributed by atoms with E-state index in [4.69, 9.17) is 0 Å². The molecule has 2 saturated carbocycles. The Morgan fingerprint density at radius 3 is 2.41 bits per heavy atom. The van der Waals surface area contributed by atoms with Gasteiger partial charge in [0.2, 0.25) is 10.0 Å². The van der Waals surface area contributed by atoms with Crippen LogP contribution >= 0.6 is 0 Å². The van der Waals surface area contributed by atoms with Gasteiger partial charge in [0.1, 0.15) is 5.78 Å². The third-order valence-electron chi connectivity index (χ3n) is 7.47. The van der Waals surface area contributed by atoms with Crippen LogP contribution in [0, 0.1) is 16.7 Å². The molecule has 1 saturated heterocycles. The zero-order valence-electron chi connectivity index (χ0n) is 16.8. The number of rotatable bonds is 5. The van der Waals surface area contributed by atoms with Gasteiger partial charge < -0.3 is 4.98 Å². The molecule has 2 atom stereocenters. The number of aromatic nitrogens is 2. The first-order chi connectivity index (χ1) is 13.5. The fraction of sp³-hybridized carbons (Fsp3) is 0.778. The standard InChI is InChI=1S/C18H28N4O5S2/c1-17(2)14-4-5-18(17,15(23)10-14)12-28(24,25)21-6-3-7-22(9-8-21)29(26,27)16-11-19-13-20-16/h11,13-14H,3-10,12H2,1-2H3,(H,19,20). The molecule has 3 fully saturated rings. The molecule has 2 heterocycles. The second kappa shape index (κ2) is 6.86. The number of nitrogens with one attached hydrogen (secondary N) is 1. The van der Waals surface area contributed by atoms with Crippen molar-refractivity contribution >= 4 is 25.8 Å². The molecule has 1 N–H and O–H groups in total. The van der Waals surface area contributed by atoms with Crippen molar-refractivity contribution in [3.05, 3.63) is 12.5 Å². The zero-order chi connectivity index (χ0) is 21.1. The van der Waals surface area contributed by atoms with Crippen LogP contribution in [0.15, 0.2) is 17.6 Å². The summed E-state index contributed by atoms with van der Waals surface area (Å²) in [4.78, 5) is 19.1. The van der Waals surface area contributed by atoms with E-state index >= 15 is 0 Å². The maximum absolute atomic E-state index is 13.3. The molecule has 2 aliphatic carbocycles. The maximum atomic E-state index is 13.3. The van der Waals surface area contributed by atoms with Gasteiger partial charge in [-0.1, -0.05) is 13.8 Å². The Kier molecular flexibility index (Phi) is 4.96. The molecular weight excluding hydrogens is 416 g/mol. The largest absolute Gasteiger partial charge is 0.335 e. The van der Waals surface area contributed by atoms with Crippen LogP contribution < -0.4 is 0 Å². The van der Waals surface area contributed by atoms with Crippen molar-refractivity contribution in [2.75, 3.05) is 31.9 Å². The van der Waals surface area contributed by atoms with E-state index in [-0.39, 0.29) is 54.1 Å². The predicted octanol–water partition coefficient (Wildman–Crippen LogP) is 0.831. The first-order valence-electron chi connectivity index (χ1n) is 10.0. The van der Waals surface area contributed by atoms with Gasteiger partial charge >= 0.3 is 0 Å². The minimum atomic E-state index is -3.73. The van der Waals surface area contributed by atoms with Gasteiger partial charge in [-0.05, 0) is 30.6 Å². The highest BCUT2D eigenvalue weighted by molar-refractivity contribution is 7.89. The second-order valence-corrected chi connectivity index (χ2v) is 12.9. The molecule has 0 amide bonds. The van der Waals surface area contributed by atoms with E-state index in [2.05, 4.69) is 9.97 Å². The van der Waals surface area contributed by atoms with Crippen molar-refractivity contribution in [3.63, 3.8) is 0 Å². The third-order valence-corrected chi connectivity index (χ3v) is 11.3. The average molecular weight is 445 g/mol. The molecule has 162 valence electrons. The molecule has 1 aliphatic heterocycles. The molecule has 0 aromatic carbocycles. The molecule has 3 aliphatic rings. The zero-order valence-corrected chi connectivity index (χ0v) is 18.4. The molecule has 0 spiro atoms. The van der Waals surface area contributed by atoms with Crippen LogP contribution in [0.1, 0.15) is 39.5 Å². The summed E-state index contributed by atoms with van der Waals surface area (Å²) in [6.07, 6.45) is 4.94. The molecule has 11 heteroatoms. The Bertz CT molecular complexity index is 1000. The summed E-state index contributed by atoms with van der Waals surface area (Å²) in [7, 11) is -7.42. The van der Waals surface area contributed by atoms with Gasteiger partial charge in [0.05, 0.1) is 18.3 Å². The summed E-state index contributed by atoms with van der Waals surface area (Å²) in [6.45, 7) is 4.70. The Morgan fingerprint density at radius 2 is 1.83 bits per heavy atom.